The van der Waals surface area contributed by atoms with Crippen molar-refractivity contribution in [1.29, 1.82) is 0 Å². The second kappa shape index (κ2) is 8.49. The topological polar surface area (TPSA) is 77.4 Å². The molecule has 30 heavy (non-hydrogen) atoms. The number of aryl methyl sites for hydroxylation is 1. The molecule has 2 N–H and O–H groups in total. The summed E-state index contributed by atoms with van der Waals surface area (Å²) in [5.41, 5.74) is 4.16. The van der Waals surface area contributed by atoms with Gasteiger partial charge in [0.25, 0.3) is 0 Å². The van der Waals surface area contributed by atoms with Crippen LogP contribution < -0.4 is 20.1 Å². The lowest BCUT2D eigenvalue weighted by molar-refractivity contribution is 0.0917. The van der Waals surface area contributed by atoms with E-state index >= 15 is 0 Å². The van der Waals surface area contributed by atoms with Crippen LogP contribution in [0, 0.1) is 13.8 Å². The first kappa shape index (κ1) is 19.8. The van der Waals surface area contributed by atoms with Crippen molar-refractivity contribution < 1.29 is 14.3 Å². The number of amides is 2. The summed E-state index contributed by atoms with van der Waals surface area (Å²) in [5.74, 6) is 1.43. The summed E-state index contributed by atoms with van der Waals surface area (Å²) in [6.45, 7) is 6.76. The van der Waals surface area contributed by atoms with Crippen LogP contribution in [0.3, 0.4) is 0 Å². The molecule has 2 amide bonds. The fourth-order valence-corrected chi connectivity index (χ4v) is 3.49. The van der Waals surface area contributed by atoms with Crippen LogP contribution in [0.1, 0.15) is 29.8 Å². The van der Waals surface area contributed by atoms with Crippen LogP contribution in [-0.4, -0.2) is 35.1 Å². The molecule has 2 aromatic carbocycles. The van der Waals surface area contributed by atoms with E-state index in [4.69, 9.17) is 9.47 Å². The van der Waals surface area contributed by atoms with Crippen LogP contribution in [0.15, 0.2) is 54.7 Å². The standard InChI is InChI=1S/C23H26N4O3/c1-15-8-10-18(11-9-15)27-17(3)20(13-25-27)16(2)26-23(28)24-12-19-14-29-21-6-4-5-7-22(21)30-19/h4-11,13,16,19H,12,14H2,1-3H3,(H2,24,26,28)/t16-,19+/m0/s1. The molecule has 3 aromatic rings. The highest BCUT2D eigenvalue weighted by atomic mass is 16.6. The van der Waals surface area contributed by atoms with Crippen LogP contribution in [-0.2, 0) is 0 Å². The van der Waals surface area contributed by atoms with Gasteiger partial charge in [-0.05, 0) is 45.0 Å². The van der Waals surface area contributed by atoms with Gasteiger partial charge in [-0.3, -0.25) is 0 Å². The lowest BCUT2D eigenvalue weighted by atomic mass is 10.1. The molecule has 1 aromatic heterocycles. The maximum absolute atomic E-state index is 12.4. The van der Waals surface area contributed by atoms with Crippen molar-refractivity contribution in [2.24, 2.45) is 0 Å². The van der Waals surface area contributed by atoms with E-state index in [1.165, 1.54) is 5.56 Å². The summed E-state index contributed by atoms with van der Waals surface area (Å²) in [5, 5.41) is 10.3. The summed E-state index contributed by atoms with van der Waals surface area (Å²) in [7, 11) is 0. The van der Waals surface area contributed by atoms with Crippen LogP contribution in [0.4, 0.5) is 4.79 Å². The van der Waals surface area contributed by atoms with E-state index in [1.54, 1.807) is 6.20 Å². The second-order valence-corrected chi connectivity index (χ2v) is 7.51. The van der Waals surface area contributed by atoms with E-state index < -0.39 is 0 Å². The Balaban J connectivity index is 1.32. The first-order valence-corrected chi connectivity index (χ1v) is 10.1. The fourth-order valence-electron chi connectivity index (χ4n) is 3.49. The van der Waals surface area contributed by atoms with Crippen LogP contribution in [0.5, 0.6) is 11.5 Å². The van der Waals surface area contributed by atoms with E-state index in [-0.39, 0.29) is 18.2 Å². The zero-order valence-electron chi connectivity index (χ0n) is 17.4. The molecule has 0 bridgehead atoms. The molecular formula is C23H26N4O3. The van der Waals surface area contributed by atoms with Crippen molar-refractivity contribution in [1.82, 2.24) is 20.4 Å². The van der Waals surface area contributed by atoms with Crippen molar-refractivity contribution in [3.05, 3.63) is 71.5 Å². The molecule has 1 aliphatic rings. The Labute approximate surface area is 176 Å². The number of para-hydroxylation sites is 2. The molecule has 0 spiro atoms. The van der Waals surface area contributed by atoms with E-state index in [1.807, 2.05) is 54.9 Å². The molecule has 0 unspecified atom stereocenters. The van der Waals surface area contributed by atoms with Crippen LogP contribution in [0.2, 0.25) is 0 Å². The Morgan fingerprint density at radius 2 is 1.90 bits per heavy atom. The van der Waals surface area contributed by atoms with Gasteiger partial charge >= 0.3 is 6.03 Å². The Morgan fingerprint density at radius 3 is 2.67 bits per heavy atom. The highest BCUT2D eigenvalue weighted by Crippen LogP contribution is 2.30. The molecule has 2 heterocycles. The van der Waals surface area contributed by atoms with Crippen molar-refractivity contribution in [3.63, 3.8) is 0 Å². The third kappa shape index (κ3) is 4.25. The van der Waals surface area contributed by atoms with Crippen LogP contribution >= 0.6 is 0 Å². The highest BCUT2D eigenvalue weighted by molar-refractivity contribution is 5.74. The SMILES string of the molecule is Cc1ccc(-n2ncc([C@H](C)NC(=O)NC[C@@H]3COc4ccccc4O3)c2C)cc1. The summed E-state index contributed by atoms with van der Waals surface area (Å²) in [6.07, 6.45) is 1.57. The van der Waals surface area contributed by atoms with Crippen molar-refractivity contribution in [2.45, 2.75) is 32.9 Å². The monoisotopic (exact) mass is 406 g/mol. The highest BCUT2D eigenvalue weighted by Gasteiger charge is 2.22. The zero-order chi connectivity index (χ0) is 21.1. The molecule has 0 saturated heterocycles. The predicted molar refractivity (Wildman–Crippen MR) is 114 cm³/mol. The number of aromatic nitrogens is 2. The van der Waals surface area contributed by atoms with Gasteiger partial charge in [-0.25, -0.2) is 9.48 Å². The molecule has 0 aliphatic carbocycles. The average molecular weight is 406 g/mol. The van der Waals surface area contributed by atoms with Crippen molar-refractivity contribution >= 4 is 6.03 Å². The van der Waals surface area contributed by atoms with E-state index in [0.717, 1.165) is 22.7 Å². The molecule has 156 valence electrons. The van der Waals surface area contributed by atoms with Crippen LogP contribution in [0.25, 0.3) is 5.69 Å². The lowest BCUT2D eigenvalue weighted by Crippen LogP contribution is -2.45. The molecule has 0 saturated carbocycles. The van der Waals surface area contributed by atoms with Gasteiger partial charge in [0, 0.05) is 11.3 Å². The minimum atomic E-state index is -0.257. The predicted octanol–water partition coefficient (Wildman–Crippen LogP) is 3.69. The number of nitrogens with one attached hydrogen (secondary N) is 2. The van der Waals surface area contributed by atoms with Gasteiger partial charge in [0.15, 0.2) is 17.6 Å². The number of urea groups is 1. The van der Waals surface area contributed by atoms with E-state index in [9.17, 15) is 4.79 Å². The molecule has 4 rings (SSSR count). The zero-order valence-corrected chi connectivity index (χ0v) is 17.4. The Kier molecular flexibility index (Phi) is 5.61. The molecule has 0 fully saturated rings. The van der Waals surface area contributed by atoms with Gasteiger partial charge < -0.3 is 20.1 Å². The number of ether oxygens (including phenoxy) is 2. The summed E-state index contributed by atoms with van der Waals surface area (Å²) in [4.78, 5) is 12.4. The van der Waals surface area contributed by atoms with Gasteiger partial charge in [0.2, 0.25) is 0 Å². The molecule has 0 radical (unpaired) electrons. The molecule has 7 heteroatoms. The number of benzene rings is 2. The minimum absolute atomic E-state index is 0.187. The van der Waals surface area contributed by atoms with Gasteiger partial charge in [-0.15, -0.1) is 0 Å². The third-order valence-electron chi connectivity index (χ3n) is 5.20. The number of hydrogen-bond donors (Lipinski definition) is 2. The lowest BCUT2D eigenvalue weighted by Gasteiger charge is -2.26. The fraction of sp³-hybridized carbons (Fsp3) is 0.304. The van der Waals surface area contributed by atoms with Gasteiger partial charge in [0.1, 0.15) is 6.61 Å². The first-order valence-electron chi connectivity index (χ1n) is 10.1. The second-order valence-electron chi connectivity index (χ2n) is 7.51. The van der Waals surface area contributed by atoms with Gasteiger partial charge in [-0.1, -0.05) is 29.8 Å². The van der Waals surface area contributed by atoms with Gasteiger partial charge in [-0.2, -0.15) is 5.10 Å². The third-order valence-corrected chi connectivity index (χ3v) is 5.20. The van der Waals surface area contributed by atoms with E-state index in [2.05, 4.69) is 34.8 Å². The van der Waals surface area contributed by atoms with Crippen molar-refractivity contribution in [2.75, 3.05) is 13.2 Å². The summed E-state index contributed by atoms with van der Waals surface area (Å²) in [6, 6.07) is 15.3. The summed E-state index contributed by atoms with van der Waals surface area (Å²) >= 11 is 0. The Hall–Kier alpha value is -3.48. The number of hydrogen-bond acceptors (Lipinski definition) is 4. The smallest absolute Gasteiger partial charge is 0.315 e. The quantitative estimate of drug-likeness (QED) is 0.678. The molecule has 7 nitrogen and oxygen atoms in total. The number of carbonyl (C=O) groups excluding carboxylic acids is 1. The first-order chi connectivity index (χ1) is 14.5. The van der Waals surface area contributed by atoms with E-state index in [0.29, 0.717) is 18.9 Å². The molecule has 2 atom stereocenters. The molecule has 1 aliphatic heterocycles. The summed E-state index contributed by atoms with van der Waals surface area (Å²) < 4.78 is 13.4. The minimum Gasteiger partial charge on any atom is -0.486 e. The normalized spacial score (nSPS) is 16.0. The van der Waals surface area contributed by atoms with Crippen molar-refractivity contribution in [3.8, 4) is 17.2 Å². The maximum Gasteiger partial charge on any atom is 0.315 e. The largest absolute Gasteiger partial charge is 0.486 e. The number of nitrogens with zero attached hydrogens (tertiary/aromatic N) is 2. The Bertz CT molecular complexity index is 1030. The maximum atomic E-state index is 12.4. The Morgan fingerprint density at radius 1 is 1.17 bits per heavy atom. The number of rotatable bonds is 5. The average Bonchev–Trinajstić information content (AvgIpc) is 3.14. The molecular weight excluding hydrogens is 380 g/mol. The number of carbonyl (C=O) groups is 1. The number of fused-ring (bicyclic) bond motifs is 1. The van der Waals surface area contributed by atoms with Gasteiger partial charge in [0.05, 0.1) is 24.5 Å².